The Labute approximate surface area is 160 Å². The second-order valence-corrected chi connectivity index (χ2v) is 8.14. The summed E-state index contributed by atoms with van der Waals surface area (Å²) in [4.78, 5) is 24.1. The Morgan fingerprint density at radius 1 is 1.19 bits per heavy atom. The molecule has 8 nitrogen and oxygen atoms in total. The third-order valence-electron chi connectivity index (χ3n) is 6.41. The van der Waals surface area contributed by atoms with Crippen LogP contribution in [0.2, 0.25) is 0 Å². The van der Waals surface area contributed by atoms with Gasteiger partial charge in [-0.15, -0.1) is 0 Å². The van der Waals surface area contributed by atoms with E-state index in [2.05, 4.69) is 10.3 Å². The number of H-pyrrole nitrogens is 1. The summed E-state index contributed by atoms with van der Waals surface area (Å²) in [6.07, 6.45) is 3.11. The van der Waals surface area contributed by atoms with Gasteiger partial charge in [0.05, 0.1) is 0 Å². The van der Waals surface area contributed by atoms with E-state index in [4.69, 9.17) is 4.98 Å². The number of carbonyl (C=O) groups is 1. The quantitative estimate of drug-likeness (QED) is 0.602. The number of aromatic nitrogens is 2. The molecule has 1 saturated heterocycles. The van der Waals surface area contributed by atoms with Crippen molar-refractivity contribution in [2.45, 2.75) is 58.4 Å². The molecule has 1 aliphatic carbocycles. The van der Waals surface area contributed by atoms with Gasteiger partial charge in [0.15, 0.2) is 12.0 Å². The number of aliphatic hydroxyl groups is 2. The van der Waals surface area contributed by atoms with E-state index in [1.165, 1.54) is 4.90 Å². The predicted octanol–water partition coefficient (Wildman–Crippen LogP) is 1.57. The van der Waals surface area contributed by atoms with Gasteiger partial charge in [-0.2, -0.15) is 0 Å². The summed E-state index contributed by atoms with van der Waals surface area (Å²) < 4.78 is 0. The van der Waals surface area contributed by atoms with Crippen LogP contribution in [0.3, 0.4) is 0 Å². The zero-order valence-corrected chi connectivity index (χ0v) is 16.2. The fourth-order valence-corrected chi connectivity index (χ4v) is 5.09. The normalized spacial score (nSPS) is 32.9. The number of urea groups is 1. The van der Waals surface area contributed by atoms with Crippen molar-refractivity contribution < 1.29 is 15.0 Å². The molecular weight excluding hydrogens is 346 g/mol. The van der Waals surface area contributed by atoms with Crippen LogP contribution < -0.4 is 10.2 Å². The highest BCUT2D eigenvalue weighted by atomic mass is 16.3. The second kappa shape index (κ2) is 7.41. The van der Waals surface area contributed by atoms with Crippen LogP contribution in [-0.4, -0.2) is 57.0 Å². The minimum Gasteiger partial charge on any atom is -0.378 e. The molecule has 2 amide bonds. The van der Waals surface area contributed by atoms with Crippen molar-refractivity contribution in [2.75, 3.05) is 24.5 Å². The highest BCUT2D eigenvalue weighted by molar-refractivity contribution is 5.93. The van der Waals surface area contributed by atoms with Gasteiger partial charge in [-0.1, -0.05) is 13.8 Å². The van der Waals surface area contributed by atoms with Gasteiger partial charge in [-0.25, -0.2) is 9.78 Å². The molecule has 1 aromatic heterocycles. The first-order valence-electron chi connectivity index (χ1n) is 10.3. The second-order valence-electron chi connectivity index (χ2n) is 8.14. The average Bonchev–Trinajstić information content (AvgIpc) is 3.19. The van der Waals surface area contributed by atoms with Crippen LogP contribution >= 0.6 is 0 Å². The van der Waals surface area contributed by atoms with Gasteiger partial charge >= 0.3 is 6.03 Å². The Bertz CT molecular complexity index is 693. The standard InChI is InChI=1S/C19H31N5O3/c1-3-7-23-16-15(18(26)24(8-4-2)19(23)27)21-14(22-16)9-13-11-5-6-12(13)17(25)20-10-11/h11-13,17-18,20,25-26H,3-10H2,1-2H3,(H,21,22). The minimum atomic E-state index is -0.975. The summed E-state index contributed by atoms with van der Waals surface area (Å²) in [5, 5.41) is 24.2. The van der Waals surface area contributed by atoms with E-state index in [1.807, 2.05) is 13.8 Å². The first kappa shape index (κ1) is 18.7. The van der Waals surface area contributed by atoms with E-state index in [0.29, 0.717) is 36.4 Å². The van der Waals surface area contributed by atoms with Gasteiger partial charge in [0.2, 0.25) is 0 Å². The van der Waals surface area contributed by atoms with Crippen LogP contribution in [0.1, 0.15) is 57.3 Å². The lowest BCUT2D eigenvalue weighted by Crippen LogP contribution is -2.50. The lowest BCUT2D eigenvalue weighted by atomic mass is 9.82. The van der Waals surface area contributed by atoms with E-state index in [9.17, 15) is 15.0 Å². The number of fused-ring (bicyclic) bond motifs is 3. The molecule has 0 aromatic carbocycles. The first-order chi connectivity index (χ1) is 13.0. The van der Waals surface area contributed by atoms with E-state index in [0.717, 1.165) is 44.5 Å². The van der Waals surface area contributed by atoms with Gasteiger partial charge in [0.1, 0.15) is 17.7 Å². The zero-order chi connectivity index (χ0) is 19.1. The van der Waals surface area contributed by atoms with E-state index >= 15 is 0 Å². The van der Waals surface area contributed by atoms with Gasteiger partial charge in [0.25, 0.3) is 0 Å². The molecule has 4 rings (SSSR count). The maximum atomic E-state index is 12.8. The summed E-state index contributed by atoms with van der Waals surface area (Å²) in [6.45, 7) is 5.97. The molecule has 5 unspecified atom stereocenters. The fourth-order valence-electron chi connectivity index (χ4n) is 5.09. The number of carbonyl (C=O) groups excluding carboxylic acids is 1. The molecule has 27 heavy (non-hydrogen) atoms. The molecule has 2 fully saturated rings. The topological polar surface area (TPSA) is 105 Å². The lowest BCUT2D eigenvalue weighted by molar-refractivity contribution is 0.0193. The van der Waals surface area contributed by atoms with Crippen molar-refractivity contribution in [2.24, 2.45) is 17.8 Å². The molecular formula is C19H31N5O3. The van der Waals surface area contributed by atoms with Crippen LogP contribution in [0.4, 0.5) is 10.6 Å². The molecule has 1 saturated carbocycles. The fraction of sp³-hybridized carbons (Fsp3) is 0.789. The molecule has 3 aliphatic rings. The lowest BCUT2D eigenvalue weighted by Gasteiger charge is -2.37. The van der Waals surface area contributed by atoms with Crippen molar-refractivity contribution >= 4 is 11.8 Å². The number of nitrogens with zero attached hydrogens (tertiary/aromatic N) is 3. The van der Waals surface area contributed by atoms with Crippen LogP contribution in [0.25, 0.3) is 0 Å². The van der Waals surface area contributed by atoms with E-state index < -0.39 is 12.5 Å². The van der Waals surface area contributed by atoms with Crippen molar-refractivity contribution in [3.05, 3.63) is 11.5 Å². The smallest absolute Gasteiger partial charge is 0.328 e. The highest BCUT2D eigenvalue weighted by Gasteiger charge is 2.45. The highest BCUT2D eigenvalue weighted by Crippen LogP contribution is 2.43. The zero-order valence-electron chi connectivity index (χ0n) is 16.2. The van der Waals surface area contributed by atoms with Crippen molar-refractivity contribution in [1.82, 2.24) is 20.2 Å². The summed E-state index contributed by atoms with van der Waals surface area (Å²) >= 11 is 0. The first-order valence-corrected chi connectivity index (χ1v) is 10.3. The Hall–Kier alpha value is -1.64. The van der Waals surface area contributed by atoms with Crippen LogP contribution in [0, 0.1) is 17.8 Å². The Balaban J connectivity index is 1.61. The molecule has 2 aliphatic heterocycles. The monoisotopic (exact) mass is 377 g/mol. The third-order valence-corrected chi connectivity index (χ3v) is 6.41. The number of anilines is 1. The predicted molar refractivity (Wildman–Crippen MR) is 101 cm³/mol. The maximum absolute atomic E-state index is 12.8. The van der Waals surface area contributed by atoms with Gasteiger partial charge < -0.3 is 15.2 Å². The number of imidazole rings is 1. The van der Waals surface area contributed by atoms with Crippen molar-refractivity contribution in [1.29, 1.82) is 0 Å². The summed E-state index contributed by atoms with van der Waals surface area (Å²) in [7, 11) is 0. The number of nitrogens with one attached hydrogen (secondary N) is 2. The molecule has 2 bridgehead atoms. The van der Waals surface area contributed by atoms with Crippen LogP contribution in [0.15, 0.2) is 0 Å². The molecule has 1 aromatic rings. The van der Waals surface area contributed by atoms with E-state index in [-0.39, 0.29) is 11.9 Å². The van der Waals surface area contributed by atoms with E-state index in [1.54, 1.807) is 4.90 Å². The average molecular weight is 377 g/mol. The molecule has 5 atom stereocenters. The number of amides is 2. The molecule has 3 heterocycles. The number of hydrogen-bond acceptors (Lipinski definition) is 5. The summed E-state index contributed by atoms with van der Waals surface area (Å²) in [5.41, 5.74) is 0.619. The van der Waals surface area contributed by atoms with Gasteiger partial charge in [0, 0.05) is 32.0 Å². The number of rotatable bonds is 6. The van der Waals surface area contributed by atoms with Crippen LogP contribution in [-0.2, 0) is 6.42 Å². The Kier molecular flexibility index (Phi) is 5.13. The third kappa shape index (κ3) is 3.13. The molecule has 150 valence electrons. The largest absolute Gasteiger partial charge is 0.378 e. The van der Waals surface area contributed by atoms with Gasteiger partial charge in [-0.05, 0) is 37.5 Å². The molecule has 0 radical (unpaired) electrons. The summed E-state index contributed by atoms with van der Waals surface area (Å²) in [5.74, 6) is 2.56. The van der Waals surface area contributed by atoms with Gasteiger partial charge in [-0.3, -0.25) is 15.1 Å². The molecule has 0 spiro atoms. The SMILES string of the molecule is CCCN1C(=O)N(CCC)C(O)c2[nH]c(CC3C4CCC3C(O)NC4)nc21. The number of aromatic amines is 1. The Morgan fingerprint density at radius 3 is 2.70 bits per heavy atom. The van der Waals surface area contributed by atoms with Crippen molar-refractivity contribution in [3.63, 3.8) is 0 Å². The molecule has 8 heteroatoms. The Morgan fingerprint density at radius 2 is 1.96 bits per heavy atom. The number of aliphatic hydroxyl groups excluding tert-OH is 2. The number of piperidine rings is 1. The summed E-state index contributed by atoms with van der Waals surface area (Å²) in [6, 6.07) is -0.172. The minimum absolute atomic E-state index is 0.172. The number of hydrogen-bond donors (Lipinski definition) is 4. The maximum Gasteiger partial charge on any atom is 0.328 e. The molecule has 4 N–H and O–H groups in total. The van der Waals surface area contributed by atoms with Crippen LogP contribution in [0.5, 0.6) is 0 Å². The van der Waals surface area contributed by atoms with Crippen molar-refractivity contribution in [3.8, 4) is 0 Å².